The molecule has 0 amide bonds. The highest BCUT2D eigenvalue weighted by atomic mass is 35.5. The summed E-state index contributed by atoms with van der Waals surface area (Å²) in [5, 5.41) is 8.22. The van der Waals surface area contributed by atoms with E-state index in [4.69, 9.17) is 11.6 Å². The van der Waals surface area contributed by atoms with Crippen molar-refractivity contribution in [1.29, 1.82) is 0 Å². The van der Waals surface area contributed by atoms with Crippen LogP contribution >= 0.6 is 11.6 Å². The summed E-state index contributed by atoms with van der Waals surface area (Å²) in [5.74, 6) is 0. The second-order valence-electron chi connectivity index (χ2n) is 4.87. The van der Waals surface area contributed by atoms with Gasteiger partial charge in [-0.15, -0.1) is 5.10 Å². The molecule has 3 rings (SSSR count). The maximum atomic E-state index is 5.91. The molecular weight excluding hydrogens is 236 g/mol. The van der Waals surface area contributed by atoms with Gasteiger partial charge in [-0.25, -0.2) is 0 Å². The van der Waals surface area contributed by atoms with Gasteiger partial charge < -0.3 is 4.90 Å². The summed E-state index contributed by atoms with van der Waals surface area (Å²) in [4.78, 5) is 5.02. The Kier molecular flexibility index (Phi) is 3.16. The van der Waals surface area contributed by atoms with Gasteiger partial charge in [0.2, 0.25) is 0 Å². The van der Waals surface area contributed by atoms with E-state index in [0.29, 0.717) is 11.2 Å². The Labute approximate surface area is 107 Å². The van der Waals surface area contributed by atoms with Crippen LogP contribution in [0, 0.1) is 0 Å². The van der Waals surface area contributed by atoms with E-state index in [-0.39, 0.29) is 0 Å². The van der Waals surface area contributed by atoms with E-state index in [0.717, 1.165) is 18.8 Å². The van der Waals surface area contributed by atoms with Gasteiger partial charge in [0.05, 0.1) is 11.9 Å². The minimum Gasteiger partial charge on any atom is -0.369 e. The predicted octanol–water partition coefficient (Wildman–Crippen LogP) is 1.80. The fraction of sp³-hybridized carbons (Fsp3) is 0.667. The van der Waals surface area contributed by atoms with E-state index in [1.54, 1.807) is 0 Å². The van der Waals surface area contributed by atoms with Crippen molar-refractivity contribution >= 4 is 17.3 Å². The summed E-state index contributed by atoms with van der Waals surface area (Å²) >= 11 is 5.91. The minimum atomic E-state index is 0.482. The molecule has 1 aromatic rings. The van der Waals surface area contributed by atoms with Crippen molar-refractivity contribution in [1.82, 2.24) is 15.1 Å². The van der Waals surface area contributed by atoms with E-state index >= 15 is 0 Å². The molecule has 17 heavy (non-hydrogen) atoms. The van der Waals surface area contributed by atoms with Crippen molar-refractivity contribution < 1.29 is 0 Å². The second kappa shape index (κ2) is 4.78. The highest BCUT2D eigenvalue weighted by Crippen LogP contribution is 2.25. The van der Waals surface area contributed by atoms with Crippen molar-refractivity contribution in [2.75, 3.05) is 31.1 Å². The third-order valence-corrected chi connectivity index (χ3v) is 3.96. The fourth-order valence-electron chi connectivity index (χ4n) is 2.95. The topological polar surface area (TPSA) is 32.3 Å². The van der Waals surface area contributed by atoms with Crippen LogP contribution in [0.3, 0.4) is 0 Å². The van der Waals surface area contributed by atoms with Crippen LogP contribution in [-0.2, 0) is 0 Å². The highest BCUT2D eigenvalue weighted by molar-refractivity contribution is 6.29. The normalized spacial score (nSPS) is 25.7. The van der Waals surface area contributed by atoms with Crippen molar-refractivity contribution in [3.8, 4) is 0 Å². The van der Waals surface area contributed by atoms with E-state index in [1.165, 1.54) is 32.4 Å². The minimum absolute atomic E-state index is 0.482. The average molecular weight is 253 g/mol. The summed E-state index contributed by atoms with van der Waals surface area (Å²) < 4.78 is 0. The van der Waals surface area contributed by atoms with Crippen molar-refractivity contribution in [3.05, 3.63) is 17.4 Å². The Morgan fingerprint density at radius 2 is 2.12 bits per heavy atom. The molecule has 1 aromatic heterocycles. The number of fused-ring (bicyclic) bond motifs is 1. The Balaban J connectivity index is 1.78. The molecule has 1 unspecified atom stereocenters. The lowest BCUT2D eigenvalue weighted by atomic mass is 10.2. The molecule has 0 bridgehead atoms. The van der Waals surface area contributed by atoms with Crippen molar-refractivity contribution in [2.45, 2.75) is 25.3 Å². The smallest absolute Gasteiger partial charge is 0.153 e. The first kappa shape index (κ1) is 11.2. The second-order valence-corrected chi connectivity index (χ2v) is 5.26. The standard InChI is InChI=1S/C12H17ClN4/c13-12-7-11(8-14-15-12)17-6-2-5-16-4-1-3-10(16)9-17/h7-8,10H,1-6,9H2. The van der Waals surface area contributed by atoms with Crippen LogP contribution in [-0.4, -0.2) is 47.3 Å². The zero-order chi connectivity index (χ0) is 11.7. The number of nitrogens with zero attached hydrogens (tertiary/aromatic N) is 4. The molecule has 0 aromatic carbocycles. The van der Waals surface area contributed by atoms with E-state index in [2.05, 4.69) is 20.0 Å². The first-order valence-electron chi connectivity index (χ1n) is 6.30. The van der Waals surface area contributed by atoms with Crippen LogP contribution in [0.1, 0.15) is 19.3 Å². The monoisotopic (exact) mass is 252 g/mol. The van der Waals surface area contributed by atoms with Gasteiger partial charge in [-0.05, 0) is 25.8 Å². The molecule has 0 spiro atoms. The molecule has 2 saturated heterocycles. The molecule has 0 N–H and O–H groups in total. The predicted molar refractivity (Wildman–Crippen MR) is 68.5 cm³/mol. The molecule has 2 aliphatic heterocycles. The van der Waals surface area contributed by atoms with Gasteiger partial charge in [-0.3, -0.25) is 4.90 Å². The van der Waals surface area contributed by atoms with Gasteiger partial charge in [0.25, 0.3) is 0 Å². The summed E-state index contributed by atoms with van der Waals surface area (Å²) in [6.07, 6.45) is 5.70. The fourth-order valence-corrected chi connectivity index (χ4v) is 3.10. The molecule has 5 heteroatoms. The summed E-state index contributed by atoms with van der Waals surface area (Å²) in [7, 11) is 0. The molecule has 0 aliphatic carbocycles. The first-order chi connectivity index (χ1) is 8.33. The van der Waals surface area contributed by atoms with Crippen LogP contribution < -0.4 is 4.90 Å². The van der Waals surface area contributed by atoms with Crippen LogP contribution in [0.15, 0.2) is 12.3 Å². The summed E-state index contributed by atoms with van der Waals surface area (Å²) in [6.45, 7) is 4.69. The molecule has 2 fully saturated rings. The number of hydrogen-bond acceptors (Lipinski definition) is 4. The van der Waals surface area contributed by atoms with Crippen LogP contribution in [0.5, 0.6) is 0 Å². The molecule has 92 valence electrons. The van der Waals surface area contributed by atoms with Gasteiger partial charge in [0.15, 0.2) is 5.15 Å². The van der Waals surface area contributed by atoms with Crippen LogP contribution in [0.2, 0.25) is 5.15 Å². The maximum Gasteiger partial charge on any atom is 0.153 e. The third-order valence-electron chi connectivity index (χ3n) is 3.78. The third kappa shape index (κ3) is 2.38. The highest BCUT2D eigenvalue weighted by Gasteiger charge is 2.28. The van der Waals surface area contributed by atoms with Crippen molar-refractivity contribution in [3.63, 3.8) is 0 Å². The van der Waals surface area contributed by atoms with Crippen LogP contribution in [0.25, 0.3) is 0 Å². The summed E-state index contributed by atoms with van der Waals surface area (Å²) in [6, 6.07) is 2.63. The number of aromatic nitrogens is 2. The van der Waals surface area contributed by atoms with Gasteiger partial charge in [-0.2, -0.15) is 5.10 Å². The SMILES string of the molecule is Clc1cc(N2CCCN3CCCC3C2)cnn1. The Morgan fingerprint density at radius 1 is 1.24 bits per heavy atom. The Bertz CT molecular complexity index is 398. The first-order valence-corrected chi connectivity index (χ1v) is 6.68. The number of halogens is 1. The molecule has 4 nitrogen and oxygen atoms in total. The Morgan fingerprint density at radius 3 is 3.00 bits per heavy atom. The number of rotatable bonds is 1. The lowest BCUT2D eigenvalue weighted by Gasteiger charge is -2.26. The lowest BCUT2D eigenvalue weighted by molar-refractivity contribution is 0.273. The van der Waals surface area contributed by atoms with E-state index in [9.17, 15) is 0 Å². The molecule has 0 radical (unpaired) electrons. The molecule has 1 atom stereocenters. The summed E-state index contributed by atoms with van der Waals surface area (Å²) in [5.41, 5.74) is 1.11. The van der Waals surface area contributed by atoms with Gasteiger partial charge >= 0.3 is 0 Å². The molecule has 0 saturated carbocycles. The van der Waals surface area contributed by atoms with Crippen molar-refractivity contribution in [2.24, 2.45) is 0 Å². The molecule has 2 aliphatic rings. The van der Waals surface area contributed by atoms with Gasteiger partial charge in [0, 0.05) is 31.7 Å². The van der Waals surface area contributed by atoms with E-state index in [1.807, 2.05) is 12.3 Å². The van der Waals surface area contributed by atoms with Crippen LogP contribution in [0.4, 0.5) is 5.69 Å². The zero-order valence-electron chi connectivity index (χ0n) is 9.85. The quantitative estimate of drug-likeness (QED) is 0.763. The van der Waals surface area contributed by atoms with Gasteiger partial charge in [-0.1, -0.05) is 11.6 Å². The zero-order valence-corrected chi connectivity index (χ0v) is 10.6. The van der Waals surface area contributed by atoms with E-state index < -0.39 is 0 Å². The number of hydrogen-bond donors (Lipinski definition) is 0. The largest absolute Gasteiger partial charge is 0.369 e. The van der Waals surface area contributed by atoms with Gasteiger partial charge in [0.1, 0.15) is 0 Å². The molecule has 3 heterocycles. The Hall–Kier alpha value is -0.870. The average Bonchev–Trinajstić information content (AvgIpc) is 2.66. The lowest BCUT2D eigenvalue weighted by Crippen LogP contribution is -2.36. The molecular formula is C12H17ClN4. The number of anilines is 1. The maximum absolute atomic E-state index is 5.91.